The third-order valence-electron chi connectivity index (χ3n) is 5.57. The van der Waals surface area contributed by atoms with E-state index in [1.807, 2.05) is 60.6 Å². The average Bonchev–Trinajstić information content (AvgIpc) is 2.80. The first-order chi connectivity index (χ1) is 15.8. The number of nitrogens with zero attached hydrogens (tertiary/aromatic N) is 3. The van der Waals surface area contributed by atoms with Crippen LogP contribution in [0.4, 0.5) is 17.5 Å². The van der Waals surface area contributed by atoms with Crippen molar-refractivity contribution in [3.8, 4) is 0 Å². The van der Waals surface area contributed by atoms with Crippen LogP contribution in [-0.4, -0.2) is 39.3 Å². The Morgan fingerprint density at radius 1 is 1.24 bits per heavy atom. The van der Waals surface area contributed by atoms with E-state index in [0.29, 0.717) is 25.1 Å². The standard InChI is InChI=1S/C24H28N6O3/c1-15(2)21(31)27-24-26-20-19(22(32)28-24)30(16(3)12-25-20)23(33)18-10-7-11-29(14-18)13-17-8-5-4-6-9-17/h4-9,11,14-16H,10,12-13H2,1-3H3,(H3,25,26,27,28,31,32). The maximum Gasteiger partial charge on any atom is 0.278 e. The van der Waals surface area contributed by atoms with Gasteiger partial charge in [-0.05, 0) is 18.9 Å². The zero-order chi connectivity index (χ0) is 23.5. The molecule has 0 spiro atoms. The second-order valence-electron chi connectivity index (χ2n) is 8.56. The summed E-state index contributed by atoms with van der Waals surface area (Å²) >= 11 is 0. The molecule has 33 heavy (non-hydrogen) atoms. The monoisotopic (exact) mass is 448 g/mol. The van der Waals surface area contributed by atoms with Crippen LogP contribution in [0.25, 0.3) is 0 Å². The molecule has 9 nitrogen and oxygen atoms in total. The number of benzene rings is 1. The van der Waals surface area contributed by atoms with Gasteiger partial charge in [-0.25, -0.2) is 0 Å². The Morgan fingerprint density at radius 3 is 2.73 bits per heavy atom. The number of hydrogen-bond donors (Lipinski definition) is 3. The van der Waals surface area contributed by atoms with Crippen LogP contribution >= 0.6 is 0 Å². The molecular formula is C24H28N6O3. The number of aromatic nitrogens is 2. The lowest BCUT2D eigenvalue weighted by molar-refractivity contribution is -0.119. The topological polar surface area (TPSA) is 110 Å². The van der Waals surface area contributed by atoms with E-state index in [1.165, 1.54) is 4.90 Å². The summed E-state index contributed by atoms with van der Waals surface area (Å²) in [5.74, 6) is -0.424. The highest BCUT2D eigenvalue weighted by Crippen LogP contribution is 2.29. The number of carbonyl (C=O) groups excluding carboxylic acids is 2. The van der Waals surface area contributed by atoms with Gasteiger partial charge in [-0.2, -0.15) is 4.98 Å². The van der Waals surface area contributed by atoms with Gasteiger partial charge in [0.2, 0.25) is 11.9 Å². The molecule has 0 saturated heterocycles. The van der Waals surface area contributed by atoms with E-state index in [9.17, 15) is 14.4 Å². The van der Waals surface area contributed by atoms with Gasteiger partial charge >= 0.3 is 0 Å². The molecule has 172 valence electrons. The van der Waals surface area contributed by atoms with Crippen LogP contribution in [0, 0.1) is 5.92 Å². The molecule has 3 heterocycles. The summed E-state index contributed by atoms with van der Waals surface area (Å²) in [6.07, 6.45) is 6.21. The summed E-state index contributed by atoms with van der Waals surface area (Å²) in [5, 5.41) is 5.71. The van der Waals surface area contributed by atoms with Gasteiger partial charge in [0.15, 0.2) is 11.5 Å². The quantitative estimate of drug-likeness (QED) is 0.649. The Kier molecular flexibility index (Phi) is 6.30. The van der Waals surface area contributed by atoms with Crippen LogP contribution in [-0.2, 0) is 16.1 Å². The van der Waals surface area contributed by atoms with Gasteiger partial charge in [-0.1, -0.05) is 50.3 Å². The Labute approximate surface area is 192 Å². The Morgan fingerprint density at radius 2 is 2.00 bits per heavy atom. The second kappa shape index (κ2) is 9.32. The molecule has 1 unspecified atom stereocenters. The molecule has 2 amide bonds. The molecule has 0 radical (unpaired) electrons. The predicted molar refractivity (Wildman–Crippen MR) is 128 cm³/mol. The van der Waals surface area contributed by atoms with Crippen molar-refractivity contribution in [3.63, 3.8) is 0 Å². The number of carbonyl (C=O) groups is 2. The first kappa shape index (κ1) is 22.3. The number of aromatic amines is 1. The van der Waals surface area contributed by atoms with Gasteiger partial charge in [-0.3, -0.25) is 29.6 Å². The Bertz CT molecular complexity index is 1170. The van der Waals surface area contributed by atoms with E-state index >= 15 is 0 Å². The fourth-order valence-electron chi connectivity index (χ4n) is 3.79. The number of fused-ring (bicyclic) bond motifs is 1. The maximum atomic E-state index is 13.5. The molecule has 4 rings (SSSR count). The van der Waals surface area contributed by atoms with E-state index in [-0.39, 0.29) is 41.2 Å². The highest BCUT2D eigenvalue weighted by atomic mass is 16.2. The lowest BCUT2D eigenvalue weighted by Gasteiger charge is -2.35. The molecule has 0 bridgehead atoms. The molecular weight excluding hydrogens is 420 g/mol. The average molecular weight is 449 g/mol. The fraction of sp³-hybridized carbons (Fsp3) is 0.333. The van der Waals surface area contributed by atoms with E-state index < -0.39 is 5.56 Å². The molecule has 9 heteroatoms. The number of nitrogens with one attached hydrogen (secondary N) is 3. The normalized spacial score (nSPS) is 17.3. The summed E-state index contributed by atoms with van der Waals surface area (Å²) in [7, 11) is 0. The molecule has 1 atom stereocenters. The molecule has 2 aromatic rings. The van der Waals surface area contributed by atoms with Crippen molar-refractivity contribution in [1.82, 2.24) is 14.9 Å². The van der Waals surface area contributed by atoms with Gasteiger partial charge in [0, 0.05) is 37.0 Å². The maximum absolute atomic E-state index is 13.5. The number of amides is 2. The highest BCUT2D eigenvalue weighted by molar-refractivity contribution is 6.08. The SMILES string of the molecule is CC(C)C(=O)Nc1nc2c(c(=O)[nH]1)N(C(=O)C1=CN(Cc3ccccc3)C=CC1)C(C)CN2. The molecule has 0 aliphatic carbocycles. The first-order valence-corrected chi connectivity index (χ1v) is 11.0. The van der Waals surface area contributed by atoms with Crippen molar-refractivity contribution >= 4 is 29.3 Å². The summed E-state index contributed by atoms with van der Waals surface area (Å²) in [4.78, 5) is 48.9. The first-order valence-electron chi connectivity index (χ1n) is 11.0. The fourth-order valence-corrected chi connectivity index (χ4v) is 3.79. The lowest BCUT2D eigenvalue weighted by Crippen LogP contribution is -2.49. The Hall–Kier alpha value is -3.88. The second-order valence-corrected chi connectivity index (χ2v) is 8.56. The molecule has 1 aromatic heterocycles. The Balaban J connectivity index is 1.61. The van der Waals surface area contributed by atoms with Crippen molar-refractivity contribution in [1.29, 1.82) is 0 Å². The molecule has 0 fully saturated rings. The number of hydrogen-bond acceptors (Lipinski definition) is 6. The predicted octanol–water partition coefficient (Wildman–Crippen LogP) is 2.81. The summed E-state index contributed by atoms with van der Waals surface area (Å²) in [6, 6.07) is 9.75. The zero-order valence-electron chi connectivity index (χ0n) is 19.0. The third-order valence-corrected chi connectivity index (χ3v) is 5.57. The lowest BCUT2D eigenvalue weighted by atomic mass is 10.1. The van der Waals surface area contributed by atoms with Crippen LogP contribution in [0.3, 0.4) is 0 Å². The largest absolute Gasteiger partial charge is 0.366 e. The van der Waals surface area contributed by atoms with Crippen LogP contribution in [0.15, 0.2) is 59.2 Å². The molecule has 2 aliphatic heterocycles. The van der Waals surface area contributed by atoms with Crippen molar-refractivity contribution in [3.05, 3.63) is 70.3 Å². The van der Waals surface area contributed by atoms with Crippen molar-refractivity contribution in [2.24, 2.45) is 5.92 Å². The zero-order valence-corrected chi connectivity index (χ0v) is 19.0. The van der Waals surface area contributed by atoms with E-state index in [1.54, 1.807) is 13.8 Å². The molecule has 2 aliphatic rings. The minimum atomic E-state index is -0.487. The van der Waals surface area contributed by atoms with Crippen LogP contribution in [0.2, 0.25) is 0 Å². The smallest absolute Gasteiger partial charge is 0.278 e. The summed E-state index contributed by atoms with van der Waals surface area (Å²) < 4.78 is 0. The van der Waals surface area contributed by atoms with E-state index in [2.05, 4.69) is 20.6 Å². The van der Waals surface area contributed by atoms with E-state index in [0.717, 1.165) is 5.56 Å². The minimum absolute atomic E-state index is 0.0563. The van der Waals surface area contributed by atoms with Gasteiger partial charge < -0.3 is 10.2 Å². The minimum Gasteiger partial charge on any atom is -0.366 e. The van der Waals surface area contributed by atoms with Gasteiger partial charge in [-0.15, -0.1) is 0 Å². The molecule has 3 N–H and O–H groups in total. The van der Waals surface area contributed by atoms with Gasteiger partial charge in [0.05, 0.1) is 6.04 Å². The van der Waals surface area contributed by atoms with Crippen LogP contribution < -0.4 is 21.1 Å². The van der Waals surface area contributed by atoms with Gasteiger partial charge in [0.1, 0.15) is 0 Å². The number of allylic oxidation sites excluding steroid dienone is 1. The number of rotatable bonds is 5. The third kappa shape index (κ3) is 4.82. The summed E-state index contributed by atoms with van der Waals surface area (Å²) in [6.45, 7) is 6.45. The van der Waals surface area contributed by atoms with Crippen LogP contribution in [0.1, 0.15) is 32.8 Å². The van der Waals surface area contributed by atoms with Crippen LogP contribution in [0.5, 0.6) is 0 Å². The highest BCUT2D eigenvalue weighted by Gasteiger charge is 2.34. The van der Waals surface area contributed by atoms with E-state index in [4.69, 9.17) is 0 Å². The molecule has 0 saturated carbocycles. The number of anilines is 3. The molecule has 1 aromatic carbocycles. The van der Waals surface area contributed by atoms with Gasteiger partial charge in [0.25, 0.3) is 11.5 Å². The number of H-pyrrole nitrogens is 1. The van der Waals surface area contributed by atoms with Crippen molar-refractivity contribution in [2.45, 2.75) is 39.8 Å². The summed E-state index contributed by atoms with van der Waals surface area (Å²) in [5.41, 5.74) is 1.39. The van der Waals surface area contributed by atoms with Crippen molar-refractivity contribution < 1.29 is 9.59 Å². The van der Waals surface area contributed by atoms with Crippen molar-refractivity contribution in [2.75, 3.05) is 22.1 Å².